The Kier molecular flexibility index (Phi) is 5.17. The Morgan fingerprint density at radius 2 is 2.00 bits per heavy atom. The van der Waals surface area contributed by atoms with E-state index in [0.717, 1.165) is 0 Å². The number of rotatable bonds is 6. The Morgan fingerprint density at radius 1 is 1.24 bits per heavy atom. The highest BCUT2D eigenvalue weighted by molar-refractivity contribution is 5.90. The molecule has 132 valence electrons. The fourth-order valence-corrected chi connectivity index (χ4v) is 2.51. The fourth-order valence-electron chi connectivity index (χ4n) is 2.51. The lowest BCUT2D eigenvalue weighted by molar-refractivity contribution is -0.133. The number of carbonyl (C=O) groups is 2. The van der Waals surface area contributed by atoms with Gasteiger partial charge in [0.15, 0.2) is 11.5 Å². The maximum Gasteiger partial charge on any atom is 0.265 e. The Morgan fingerprint density at radius 3 is 2.72 bits per heavy atom. The average Bonchev–Trinajstić information content (AvgIpc) is 3.10. The van der Waals surface area contributed by atoms with Crippen LogP contribution < -0.4 is 20.1 Å². The number of H-pyrrole nitrogens is 1. The van der Waals surface area contributed by atoms with Crippen molar-refractivity contribution in [2.24, 2.45) is 0 Å². The van der Waals surface area contributed by atoms with Crippen LogP contribution in [0, 0.1) is 0 Å². The molecule has 0 unspecified atom stereocenters. The summed E-state index contributed by atoms with van der Waals surface area (Å²) in [7, 11) is 0. The highest BCUT2D eigenvalue weighted by Crippen LogP contribution is 2.33. The Bertz CT molecular complexity index is 732. The van der Waals surface area contributed by atoms with Crippen molar-refractivity contribution in [3.05, 3.63) is 36.7 Å². The van der Waals surface area contributed by atoms with E-state index in [0.29, 0.717) is 36.6 Å². The molecule has 1 aliphatic heterocycles. The summed E-state index contributed by atoms with van der Waals surface area (Å²) >= 11 is 0. The molecule has 0 aliphatic carbocycles. The number of amides is 2. The number of hydrogen-bond donors (Lipinski definition) is 3. The first-order valence-corrected chi connectivity index (χ1v) is 8.12. The van der Waals surface area contributed by atoms with E-state index in [1.54, 1.807) is 25.3 Å². The zero-order valence-corrected chi connectivity index (χ0v) is 13.8. The summed E-state index contributed by atoms with van der Waals surface area (Å²) in [5.41, 5.74) is 0.620. The Balaban J connectivity index is 1.41. The third-order valence-corrected chi connectivity index (χ3v) is 3.76. The van der Waals surface area contributed by atoms with E-state index >= 15 is 0 Å². The summed E-state index contributed by atoms with van der Waals surface area (Å²) in [4.78, 5) is 24.0. The number of para-hydroxylation sites is 2. The second kappa shape index (κ2) is 7.69. The number of nitrogens with zero attached hydrogens (tertiary/aromatic N) is 1. The van der Waals surface area contributed by atoms with E-state index in [4.69, 9.17) is 9.47 Å². The van der Waals surface area contributed by atoms with Gasteiger partial charge in [-0.15, -0.1) is 0 Å². The Hall–Kier alpha value is -3.03. The standard InChI is InChI=1S/C17H20N4O4/c1-11-16(25-14-6-3-2-5-13(14)24-11)17(23)18-8-4-7-15(22)21-12-9-19-20-10-12/h2-3,5-6,9-11,16H,4,7-8H2,1H3,(H,18,23)(H,19,20)(H,21,22)/t11-,16-/m1/s1. The van der Waals surface area contributed by atoms with Crippen LogP contribution in [0.5, 0.6) is 11.5 Å². The lowest BCUT2D eigenvalue weighted by Crippen LogP contribution is -2.49. The minimum absolute atomic E-state index is 0.129. The van der Waals surface area contributed by atoms with Gasteiger partial charge in [0, 0.05) is 19.2 Å². The van der Waals surface area contributed by atoms with Crippen LogP contribution in [-0.4, -0.2) is 40.8 Å². The number of ether oxygens (including phenoxy) is 2. The number of fused-ring (bicyclic) bond motifs is 1. The molecule has 1 aliphatic rings. The summed E-state index contributed by atoms with van der Waals surface area (Å²) in [6.45, 7) is 2.17. The average molecular weight is 344 g/mol. The maximum atomic E-state index is 12.3. The fraction of sp³-hybridized carbons (Fsp3) is 0.353. The molecular formula is C17H20N4O4. The molecule has 2 heterocycles. The second-order valence-electron chi connectivity index (χ2n) is 5.74. The molecule has 3 rings (SSSR count). The normalized spacial score (nSPS) is 18.4. The minimum Gasteiger partial charge on any atom is -0.482 e. The van der Waals surface area contributed by atoms with Gasteiger partial charge in [0.2, 0.25) is 12.0 Å². The van der Waals surface area contributed by atoms with Gasteiger partial charge in [-0.3, -0.25) is 14.7 Å². The molecular weight excluding hydrogens is 324 g/mol. The van der Waals surface area contributed by atoms with Crippen LogP contribution in [0.15, 0.2) is 36.7 Å². The number of aromatic amines is 1. The number of aromatic nitrogens is 2. The molecule has 1 aromatic heterocycles. The zero-order chi connectivity index (χ0) is 17.6. The lowest BCUT2D eigenvalue weighted by Gasteiger charge is -2.31. The molecule has 0 fully saturated rings. The molecule has 1 aromatic carbocycles. The van der Waals surface area contributed by atoms with Crippen molar-refractivity contribution in [3.8, 4) is 11.5 Å². The molecule has 0 radical (unpaired) electrons. The largest absolute Gasteiger partial charge is 0.482 e. The maximum absolute atomic E-state index is 12.3. The van der Waals surface area contributed by atoms with E-state index < -0.39 is 6.10 Å². The molecule has 2 amide bonds. The van der Waals surface area contributed by atoms with E-state index in [-0.39, 0.29) is 17.9 Å². The first kappa shape index (κ1) is 16.8. The molecule has 3 N–H and O–H groups in total. The topological polar surface area (TPSA) is 105 Å². The van der Waals surface area contributed by atoms with Crippen molar-refractivity contribution in [1.29, 1.82) is 0 Å². The molecule has 2 atom stereocenters. The van der Waals surface area contributed by atoms with Crippen LogP contribution in [0.3, 0.4) is 0 Å². The van der Waals surface area contributed by atoms with E-state index in [1.165, 1.54) is 6.20 Å². The van der Waals surface area contributed by atoms with Crippen LogP contribution in [0.4, 0.5) is 5.69 Å². The number of benzene rings is 1. The van der Waals surface area contributed by atoms with Gasteiger partial charge >= 0.3 is 0 Å². The molecule has 0 saturated heterocycles. The van der Waals surface area contributed by atoms with Crippen LogP contribution in [0.2, 0.25) is 0 Å². The summed E-state index contributed by atoms with van der Waals surface area (Å²) in [6, 6.07) is 7.25. The molecule has 0 bridgehead atoms. The first-order valence-electron chi connectivity index (χ1n) is 8.12. The van der Waals surface area contributed by atoms with Gasteiger partial charge < -0.3 is 20.1 Å². The van der Waals surface area contributed by atoms with Crippen LogP contribution >= 0.6 is 0 Å². The molecule has 8 nitrogen and oxygen atoms in total. The second-order valence-corrected chi connectivity index (χ2v) is 5.74. The predicted octanol–water partition coefficient (Wildman–Crippen LogP) is 1.47. The van der Waals surface area contributed by atoms with E-state index in [1.807, 2.05) is 12.1 Å². The van der Waals surface area contributed by atoms with Gasteiger partial charge in [-0.05, 0) is 25.5 Å². The van der Waals surface area contributed by atoms with Gasteiger partial charge in [0.25, 0.3) is 5.91 Å². The van der Waals surface area contributed by atoms with Gasteiger partial charge in [0.1, 0.15) is 6.10 Å². The van der Waals surface area contributed by atoms with E-state index in [9.17, 15) is 9.59 Å². The Labute approximate surface area is 144 Å². The first-order chi connectivity index (χ1) is 12.1. The van der Waals surface area contributed by atoms with Crippen molar-refractivity contribution in [1.82, 2.24) is 15.5 Å². The monoisotopic (exact) mass is 344 g/mol. The highest BCUT2D eigenvalue weighted by atomic mass is 16.6. The zero-order valence-electron chi connectivity index (χ0n) is 13.8. The van der Waals surface area contributed by atoms with Gasteiger partial charge in [-0.25, -0.2) is 0 Å². The van der Waals surface area contributed by atoms with Crippen molar-refractivity contribution in [2.45, 2.75) is 32.0 Å². The minimum atomic E-state index is -0.713. The SMILES string of the molecule is C[C@H]1Oc2ccccc2O[C@H]1C(=O)NCCCC(=O)Nc1cn[nH]c1. The van der Waals surface area contributed by atoms with Crippen molar-refractivity contribution >= 4 is 17.5 Å². The third-order valence-electron chi connectivity index (χ3n) is 3.76. The van der Waals surface area contributed by atoms with Crippen LogP contribution in [0.1, 0.15) is 19.8 Å². The van der Waals surface area contributed by atoms with Crippen molar-refractivity contribution in [3.63, 3.8) is 0 Å². The van der Waals surface area contributed by atoms with Crippen LogP contribution in [0.25, 0.3) is 0 Å². The summed E-state index contributed by atoms with van der Waals surface area (Å²) < 4.78 is 11.4. The van der Waals surface area contributed by atoms with Gasteiger partial charge in [-0.1, -0.05) is 12.1 Å². The number of hydrogen-bond acceptors (Lipinski definition) is 5. The molecule has 8 heteroatoms. The smallest absolute Gasteiger partial charge is 0.265 e. The number of anilines is 1. The molecule has 0 spiro atoms. The van der Waals surface area contributed by atoms with Crippen molar-refractivity contribution in [2.75, 3.05) is 11.9 Å². The van der Waals surface area contributed by atoms with Crippen LogP contribution in [-0.2, 0) is 9.59 Å². The summed E-state index contributed by atoms with van der Waals surface area (Å²) in [5, 5.41) is 11.9. The quantitative estimate of drug-likeness (QED) is 0.688. The van der Waals surface area contributed by atoms with Crippen molar-refractivity contribution < 1.29 is 19.1 Å². The molecule has 0 saturated carbocycles. The predicted molar refractivity (Wildman–Crippen MR) is 90.4 cm³/mol. The van der Waals surface area contributed by atoms with Gasteiger partial charge in [0.05, 0.1) is 11.9 Å². The van der Waals surface area contributed by atoms with Gasteiger partial charge in [-0.2, -0.15) is 5.10 Å². The number of nitrogens with one attached hydrogen (secondary N) is 3. The number of carbonyl (C=O) groups excluding carboxylic acids is 2. The summed E-state index contributed by atoms with van der Waals surface area (Å²) in [6.07, 6.45) is 2.84. The summed E-state index contributed by atoms with van der Waals surface area (Å²) in [5.74, 6) is 0.808. The molecule has 2 aromatic rings. The van der Waals surface area contributed by atoms with E-state index in [2.05, 4.69) is 20.8 Å². The third kappa shape index (κ3) is 4.28. The molecule has 25 heavy (non-hydrogen) atoms. The lowest BCUT2D eigenvalue weighted by atomic mass is 10.1. The highest BCUT2D eigenvalue weighted by Gasteiger charge is 2.33.